The van der Waals surface area contributed by atoms with Crippen molar-refractivity contribution in [2.75, 3.05) is 6.61 Å². The van der Waals surface area contributed by atoms with E-state index in [0.29, 0.717) is 12.0 Å². The molecule has 1 aliphatic rings. The van der Waals surface area contributed by atoms with Gasteiger partial charge in [0.25, 0.3) is 0 Å². The summed E-state index contributed by atoms with van der Waals surface area (Å²) in [6.07, 6.45) is 9.41. The predicted molar refractivity (Wildman–Crippen MR) is 126 cm³/mol. The first-order chi connectivity index (χ1) is 12.2. The van der Waals surface area contributed by atoms with Gasteiger partial charge in [-0.15, -0.1) is 6.58 Å². The van der Waals surface area contributed by atoms with Crippen LogP contribution in [0.25, 0.3) is 0 Å². The second-order valence-corrected chi connectivity index (χ2v) is 21.7. The van der Waals surface area contributed by atoms with E-state index in [9.17, 15) is 0 Å². The molecule has 27 heavy (non-hydrogen) atoms. The molecule has 0 saturated heterocycles. The van der Waals surface area contributed by atoms with Crippen molar-refractivity contribution in [2.24, 2.45) is 5.92 Å². The normalized spacial score (nSPS) is 22.7. The lowest BCUT2D eigenvalue weighted by Gasteiger charge is -2.36. The van der Waals surface area contributed by atoms with Crippen molar-refractivity contribution in [2.45, 2.75) is 109 Å². The van der Waals surface area contributed by atoms with Crippen LogP contribution in [0.5, 0.6) is 0 Å². The van der Waals surface area contributed by atoms with Crippen molar-refractivity contribution in [3.63, 3.8) is 0 Å². The van der Waals surface area contributed by atoms with Gasteiger partial charge in [-0.05, 0) is 55.8 Å². The standard InChI is InChI=1S/C23H46O2Si2/c1-19(16-20(2)18-26(6,7)8)17-22-13-11-12-21(25-22)14-15-24-27(9,10)23(3,4)5/h11-12,19,21-22H,2,13-18H2,1,3-10H3/t19-,21+,22+/m1/s1. The van der Waals surface area contributed by atoms with Gasteiger partial charge in [0, 0.05) is 14.7 Å². The van der Waals surface area contributed by atoms with Crippen LogP contribution in [0.3, 0.4) is 0 Å². The van der Waals surface area contributed by atoms with E-state index in [1.54, 1.807) is 0 Å². The van der Waals surface area contributed by atoms with Crippen LogP contribution in [0.2, 0.25) is 43.8 Å². The molecule has 0 fully saturated rings. The lowest BCUT2D eigenvalue weighted by Crippen LogP contribution is -2.41. The third-order valence-corrected chi connectivity index (χ3v) is 12.0. The van der Waals surface area contributed by atoms with Crippen LogP contribution in [0, 0.1) is 5.92 Å². The van der Waals surface area contributed by atoms with Gasteiger partial charge in [0.05, 0.1) is 12.2 Å². The minimum atomic E-state index is -1.66. The number of allylic oxidation sites excluding steroid dienone is 1. The molecular formula is C23H46O2Si2. The molecular weight excluding hydrogens is 364 g/mol. The van der Waals surface area contributed by atoms with E-state index in [2.05, 4.69) is 79.2 Å². The van der Waals surface area contributed by atoms with Gasteiger partial charge >= 0.3 is 0 Å². The third-order valence-electron chi connectivity index (χ3n) is 5.87. The topological polar surface area (TPSA) is 18.5 Å². The average molecular weight is 411 g/mol. The van der Waals surface area contributed by atoms with Gasteiger partial charge in [0.2, 0.25) is 0 Å². The summed E-state index contributed by atoms with van der Waals surface area (Å²) in [5.74, 6) is 0.648. The molecule has 0 unspecified atom stereocenters. The van der Waals surface area contributed by atoms with E-state index in [1.807, 2.05) is 0 Å². The highest BCUT2D eigenvalue weighted by atomic mass is 28.4. The minimum Gasteiger partial charge on any atom is -0.417 e. The van der Waals surface area contributed by atoms with Crippen LogP contribution in [-0.4, -0.2) is 35.2 Å². The van der Waals surface area contributed by atoms with Gasteiger partial charge < -0.3 is 9.16 Å². The highest BCUT2D eigenvalue weighted by molar-refractivity contribution is 6.76. The van der Waals surface area contributed by atoms with Crippen molar-refractivity contribution < 1.29 is 9.16 Å². The molecule has 1 aliphatic heterocycles. The Balaban J connectivity index is 2.39. The molecule has 0 spiro atoms. The van der Waals surface area contributed by atoms with E-state index >= 15 is 0 Å². The zero-order valence-electron chi connectivity index (χ0n) is 19.7. The molecule has 3 atom stereocenters. The van der Waals surface area contributed by atoms with Gasteiger partial charge in [-0.2, -0.15) is 0 Å². The minimum absolute atomic E-state index is 0.214. The summed E-state index contributed by atoms with van der Waals surface area (Å²) >= 11 is 0. The zero-order valence-corrected chi connectivity index (χ0v) is 21.7. The fraction of sp³-hybridized carbons (Fsp3) is 0.826. The Kier molecular flexibility index (Phi) is 9.25. The monoisotopic (exact) mass is 410 g/mol. The molecule has 0 bridgehead atoms. The van der Waals surface area contributed by atoms with E-state index in [-0.39, 0.29) is 11.1 Å². The Bertz CT molecular complexity index is 497. The summed E-state index contributed by atoms with van der Waals surface area (Å²) in [6, 6.07) is 1.25. The molecule has 1 heterocycles. The highest BCUT2D eigenvalue weighted by Crippen LogP contribution is 2.36. The lowest BCUT2D eigenvalue weighted by atomic mass is 9.94. The van der Waals surface area contributed by atoms with Crippen molar-refractivity contribution in [1.82, 2.24) is 0 Å². The molecule has 0 N–H and O–H groups in total. The van der Waals surface area contributed by atoms with E-state index in [4.69, 9.17) is 9.16 Å². The lowest BCUT2D eigenvalue weighted by molar-refractivity contribution is -0.0147. The SMILES string of the molecule is C=C(C[C@@H](C)C[C@@H]1CC=C[C@@H](CCO[Si](C)(C)C(C)(C)C)O1)C[Si](C)(C)C. The molecule has 0 radical (unpaired) electrons. The Morgan fingerprint density at radius 2 is 1.85 bits per heavy atom. The maximum atomic E-state index is 6.37. The second-order valence-electron chi connectivity index (χ2n) is 11.4. The molecule has 0 aromatic heterocycles. The first-order valence-corrected chi connectivity index (χ1v) is 17.4. The van der Waals surface area contributed by atoms with Gasteiger partial charge in [0.15, 0.2) is 8.32 Å². The number of rotatable bonds is 10. The van der Waals surface area contributed by atoms with E-state index < -0.39 is 16.4 Å². The fourth-order valence-electron chi connectivity index (χ4n) is 3.54. The Hall–Kier alpha value is -0.166. The summed E-state index contributed by atoms with van der Waals surface area (Å²) in [5.41, 5.74) is 1.44. The molecule has 0 saturated carbocycles. The summed E-state index contributed by atoms with van der Waals surface area (Å²) in [4.78, 5) is 0. The van der Waals surface area contributed by atoms with Crippen LogP contribution < -0.4 is 0 Å². The highest BCUT2D eigenvalue weighted by Gasteiger charge is 2.37. The fourth-order valence-corrected chi connectivity index (χ4v) is 6.25. The Labute approximate surface area is 171 Å². The van der Waals surface area contributed by atoms with Crippen LogP contribution in [0.1, 0.15) is 53.4 Å². The van der Waals surface area contributed by atoms with Crippen LogP contribution in [0.15, 0.2) is 24.3 Å². The summed E-state index contributed by atoms with van der Waals surface area (Å²) in [5, 5.41) is 0.270. The first kappa shape index (κ1) is 24.9. The van der Waals surface area contributed by atoms with Crippen LogP contribution >= 0.6 is 0 Å². The maximum Gasteiger partial charge on any atom is 0.191 e. The number of hydrogen-bond acceptors (Lipinski definition) is 2. The maximum absolute atomic E-state index is 6.37. The summed E-state index contributed by atoms with van der Waals surface area (Å²) < 4.78 is 12.7. The quantitative estimate of drug-likeness (QED) is 0.275. The molecule has 1 rings (SSSR count). The van der Waals surface area contributed by atoms with Gasteiger partial charge in [0.1, 0.15) is 0 Å². The van der Waals surface area contributed by atoms with Gasteiger partial charge in [-0.1, -0.05) is 65.1 Å². The second kappa shape index (κ2) is 10.0. The summed E-state index contributed by atoms with van der Waals surface area (Å²) in [7, 11) is -2.70. The van der Waals surface area contributed by atoms with Crippen LogP contribution in [-0.2, 0) is 9.16 Å². The van der Waals surface area contributed by atoms with E-state index in [0.717, 1.165) is 32.3 Å². The average Bonchev–Trinajstić information content (AvgIpc) is 2.43. The smallest absolute Gasteiger partial charge is 0.191 e. The third kappa shape index (κ3) is 9.73. The molecule has 0 amide bonds. The molecule has 0 aromatic rings. The Morgan fingerprint density at radius 3 is 2.41 bits per heavy atom. The molecule has 0 aliphatic carbocycles. The number of hydrogen-bond donors (Lipinski definition) is 0. The van der Waals surface area contributed by atoms with Gasteiger partial charge in [-0.25, -0.2) is 0 Å². The van der Waals surface area contributed by atoms with E-state index in [1.165, 1.54) is 11.6 Å². The van der Waals surface area contributed by atoms with Crippen LogP contribution in [0.4, 0.5) is 0 Å². The predicted octanol–water partition coefficient (Wildman–Crippen LogP) is 7.42. The van der Waals surface area contributed by atoms with Crippen molar-refractivity contribution in [3.8, 4) is 0 Å². The van der Waals surface area contributed by atoms with Crippen molar-refractivity contribution in [3.05, 3.63) is 24.3 Å². The summed E-state index contributed by atoms with van der Waals surface area (Å²) in [6.45, 7) is 26.3. The number of ether oxygens (including phenoxy) is 1. The molecule has 158 valence electrons. The molecule has 0 aromatic carbocycles. The first-order valence-electron chi connectivity index (χ1n) is 10.8. The molecule has 4 heteroatoms. The Morgan fingerprint density at radius 1 is 1.22 bits per heavy atom. The van der Waals surface area contributed by atoms with Crippen molar-refractivity contribution >= 4 is 16.4 Å². The van der Waals surface area contributed by atoms with Crippen molar-refractivity contribution in [1.29, 1.82) is 0 Å². The zero-order chi connectivity index (χ0) is 20.9. The van der Waals surface area contributed by atoms with Gasteiger partial charge in [-0.3, -0.25) is 0 Å². The largest absolute Gasteiger partial charge is 0.417 e. The molecule has 2 nitrogen and oxygen atoms in total.